The normalized spacial score (nSPS) is 12.2. The number of nitrogens with zero attached hydrogens (tertiary/aromatic N) is 1. The zero-order valence-electron chi connectivity index (χ0n) is 17.4. The van der Waals surface area contributed by atoms with E-state index in [1.54, 1.807) is 54.6 Å². The van der Waals surface area contributed by atoms with Crippen LogP contribution in [-0.4, -0.2) is 21.4 Å². The molecule has 0 heterocycles. The Hall–Kier alpha value is -3.12. The number of carbonyl (C=O) groups is 1. The molecule has 1 N–H and O–H groups in total. The van der Waals surface area contributed by atoms with Crippen molar-refractivity contribution in [2.45, 2.75) is 31.2 Å². The van der Waals surface area contributed by atoms with E-state index in [9.17, 15) is 13.2 Å². The van der Waals surface area contributed by atoms with Crippen molar-refractivity contribution >= 4 is 21.6 Å². The first-order chi connectivity index (χ1) is 14.3. The maximum absolute atomic E-state index is 12.8. The largest absolute Gasteiger partial charge is 0.345 e. The lowest BCUT2D eigenvalue weighted by molar-refractivity contribution is 0.0935. The van der Waals surface area contributed by atoms with Gasteiger partial charge in [-0.3, -0.25) is 9.10 Å². The number of carbonyl (C=O) groups excluding carboxylic acids is 1. The molecule has 0 saturated carbocycles. The fraction of sp³-hybridized carbons (Fsp3) is 0.208. The van der Waals surface area contributed by atoms with Gasteiger partial charge in [-0.1, -0.05) is 55.0 Å². The van der Waals surface area contributed by atoms with E-state index in [2.05, 4.69) is 5.32 Å². The number of aryl methyl sites for hydroxylation is 1. The molecule has 6 heteroatoms. The molecule has 30 heavy (non-hydrogen) atoms. The second kappa shape index (κ2) is 9.13. The van der Waals surface area contributed by atoms with Gasteiger partial charge in [0.2, 0.25) is 0 Å². The smallest absolute Gasteiger partial charge is 0.264 e. The molecule has 156 valence electrons. The number of rotatable bonds is 7. The van der Waals surface area contributed by atoms with Crippen LogP contribution in [0.15, 0.2) is 83.8 Å². The molecule has 0 aliphatic heterocycles. The highest BCUT2D eigenvalue weighted by Gasteiger charge is 2.21. The zero-order valence-corrected chi connectivity index (χ0v) is 18.2. The van der Waals surface area contributed by atoms with Crippen molar-refractivity contribution in [2.75, 3.05) is 11.4 Å². The van der Waals surface area contributed by atoms with Crippen molar-refractivity contribution < 1.29 is 13.2 Å². The van der Waals surface area contributed by atoms with Crippen molar-refractivity contribution in [3.8, 4) is 0 Å². The Morgan fingerprint density at radius 2 is 1.53 bits per heavy atom. The molecule has 1 atom stereocenters. The number of amides is 1. The summed E-state index contributed by atoms with van der Waals surface area (Å²) in [5.41, 5.74) is 3.20. The van der Waals surface area contributed by atoms with E-state index >= 15 is 0 Å². The minimum Gasteiger partial charge on any atom is -0.345 e. The number of sulfonamides is 1. The van der Waals surface area contributed by atoms with E-state index in [-0.39, 0.29) is 16.8 Å². The summed E-state index contributed by atoms with van der Waals surface area (Å²) in [7, 11) is -2.15. The van der Waals surface area contributed by atoms with Gasteiger partial charge < -0.3 is 5.32 Å². The molecule has 3 rings (SSSR count). The van der Waals surface area contributed by atoms with Crippen molar-refractivity contribution in [3.05, 3.63) is 95.6 Å². The topological polar surface area (TPSA) is 66.5 Å². The predicted molar refractivity (Wildman–Crippen MR) is 120 cm³/mol. The standard InChI is InChI=1S/C24H26N2O3S/c1-4-23(19-12-10-18(2)11-13-19)25-24(27)20-14-16-21(17-15-20)26(3)30(28,29)22-8-6-5-7-9-22/h5-17,23H,4H2,1-3H3,(H,25,27)/t23-/m1/s1. The molecule has 0 bridgehead atoms. The summed E-state index contributed by atoms with van der Waals surface area (Å²) in [5.74, 6) is -0.192. The van der Waals surface area contributed by atoms with E-state index in [4.69, 9.17) is 0 Å². The highest BCUT2D eigenvalue weighted by molar-refractivity contribution is 7.92. The molecule has 0 spiro atoms. The van der Waals surface area contributed by atoms with Crippen molar-refractivity contribution in [2.24, 2.45) is 0 Å². The van der Waals surface area contributed by atoms with Gasteiger partial charge in [-0.15, -0.1) is 0 Å². The van der Waals surface area contributed by atoms with Crippen LogP contribution in [0, 0.1) is 6.92 Å². The second-order valence-corrected chi connectivity index (χ2v) is 9.15. The minimum atomic E-state index is -3.65. The predicted octanol–water partition coefficient (Wildman–Crippen LogP) is 4.70. The number of anilines is 1. The van der Waals surface area contributed by atoms with Crippen LogP contribution in [0.4, 0.5) is 5.69 Å². The highest BCUT2D eigenvalue weighted by Crippen LogP contribution is 2.23. The Morgan fingerprint density at radius 1 is 0.933 bits per heavy atom. The summed E-state index contributed by atoms with van der Waals surface area (Å²) in [5, 5.41) is 3.05. The maximum Gasteiger partial charge on any atom is 0.264 e. The fourth-order valence-electron chi connectivity index (χ4n) is 3.17. The van der Waals surface area contributed by atoms with E-state index in [1.807, 2.05) is 38.1 Å². The molecular formula is C24H26N2O3S. The summed E-state index contributed by atoms with van der Waals surface area (Å²) < 4.78 is 26.7. The Labute approximate surface area is 178 Å². The number of benzene rings is 3. The fourth-order valence-corrected chi connectivity index (χ4v) is 4.39. The summed E-state index contributed by atoms with van der Waals surface area (Å²) in [6, 6.07) is 22.9. The third kappa shape index (κ3) is 4.71. The molecule has 5 nitrogen and oxygen atoms in total. The van der Waals surface area contributed by atoms with Crippen LogP contribution in [0.1, 0.15) is 40.9 Å². The van der Waals surface area contributed by atoms with E-state index in [0.29, 0.717) is 11.3 Å². The first-order valence-electron chi connectivity index (χ1n) is 9.84. The monoisotopic (exact) mass is 422 g/mol. The molecule has 3 aromatic rings. The van der Waals surface area contributed by atoms with Crippen molar-refractivity contribution in [1.82, 2.24) is 5.32 Å². The molecule has 0 aliphatic carbocycles. The third-order valence-electron chi connectivity index (χ3n) is 5.09. The van der Waals surface area contributed by atoms with Gasteiger partial charge in [0.15, 0.2) is 0 Å². The maximum atomic E-state index is 12.8. The van der Waals surface area contributed by atoms with E-state index in [1.165, 1.54) is 16.9 Å². The average molecular weight is 423 g/mol. The molecule has 0 aliphatic rings. The van der Waals surface area contributed by atoms with Gasteiger partial charge >= 0.3 is 0 Å². The molecular weight excluding hydrogens is 396 g/mol. The Morgan fingerprint density at radius 3 is 2.10 bits per heavy atom. The van der Waals surface area contributed by atoms with Gasteiger partial charge in [0.1, 0.15) is 0 Å². The molecule has 1 amide bonds. The number of hydrogen-bond donors (Lipinski definition) is 1. The van der Waals surface area contributed by atoms with Crippen LogP contribution in [0.25, 0.3) is 0 Å². The zero-order chi connectivity index (χ0) is 21.7. The SMILES string of the molecule is CC[C@@H](NC(=O)c1ccc(N(C)S(=O)(=O)c2ccccc2)cc1)c1ccc(C)cc1. The quantitative estimate of drug-likeness (QED) is 0.600. The molecule has 0 aromatic heterocycles. The summed E-state index contributed by atoms with van der Waals surface area (Å²) >= 11 is 0. The van der Waals surface area contributed by atoms with Gasteiger partial charge in [-0.25, -0.2) is 8.42 Å². The average Bonchev–Trinajstić information content (AvgIpc) is 2.78. The molecule has 0 radical (unpaired) electrons. The van der Waals surface area contributed by atoms with Crippen LogP contribution in [0.3, 0.4) is 0 Å². The van der Waals surface area contributed by atoms with Crippen LogP contribution in [-0.2, 0) is 10.0 Å². The van der Waals surface area contributed by atoms with Crippen LogP contribution in [0.5, 0.6) is 0 Å². The van der Waals surface area contributed by atoms with Gasteiger partial charge in [-0.05, 0) is 55.3 Å². The Bertz CT molecular complexity index is 1090. The first kappa shape index (κ1) is 21.6. The number of hydrogen-bond acceptors (Lipinski definition) is 3. The second-order valence-electron chi connectivity index (χ2n) is 7.18. The van der Waals surface area contributed by atoms with Crippen LogP contribution < -0.4 is 9.62 Å². The van der Waals surface area contributed by atoms with E-state index in [0.717, 1.165) is 12.0 Å². The minimum absolute atomic E-state index is 0.0843. The van der Waals surface area contributed by atoms with Gasteiger partial charge in [0.25, 0.3) is 15.9 Å². The molecule has 3 aromatic carbocycles. The van der Waals surface area contributed by atoms with Gasteiger partial charge in [0, 0.05) is 12.6 Å². The molecule has 0 saturated heterocycles. The molecule has 0 unspecified atom stereocenters. The lowest BCUT2D eigenvalue weighted by Gasteiger charge is -2.20. The van der Waals surface area contributed by atoms with Crippen molar-refractivity contribution in [1.29, 1.82) is 0 Å². The Balaban J connectivity index is 1.74. The van der Waals surface area contributed by atoms with Gasteiger partial charge in [0.05, 0.1) is 16.6 Å². The third-order valence-corrected chi connectivity index (χ3v) is 6.89. The summed E-state index contributed by atoms with van der Waals surface area (Å²) in [6.45, 7) is 4.05. The van der Waals surface area contributed by atoms with Gasteiger partial charge in [-0.2, -0.15) is 0 Å². The van der Waals surface area contributed by atoms with Crippen molar-refractivity contribution in [3.63, 3.8) is 0 Å². The highest BCUT2D eigenvalue weighted by atomic mass is 32.2. The summed E-state index contributed by atoms with van der Waals surface area (Å²) in [6.07, 6.45) is 0.769. The number of nitrogens with one attached hydrogen (secondary N) is 1. The summed E-state index contributed by atoms with van der Waals surface area (Å²) in [4.78, 5) is 12.9. The first-order valence-corrected chi connectivity index (χ1v) is 11.3. The van der Waals surface area contributed by atoms with E-state index < -0.39 is 10.0 Å². The Kier molecular flexibility index (Phi) is 6.57. The lowest BCUT2D eigenvalue weighted by atomic mass is 10.0. The van der Waals surface area contributed by atoms with Crippen LogP contribution >= 0.6 is 0 Å². The van der Waals surface area contributed by atoms with Crippen LogP contribution in [0.2, 0.25) is 0 Å². The lowest BCUT2D eigenvalue weighted by Crippen LogP contribution is -2.28. The molecule has 0 fully saturated rings.